The highest BCUT2D eigenvalue weighted by Crippen LogP contribution is 2.12. The highest BCUT2D eigenvalue weighted by molar-refractivity contribution is 5.97. The number of rotatable bonds is 12. The smallest absolute Gasteiger partial charge is 0.269 e. The van der Waals surface area contributed by atoms with Crippen molar-refractivity contribution in [1.29, 1.82) is 0 Å². The van der Waals surface area contributed by atoms with E-state index in [1.807, 2.05) is 27.7 Å². The van der Waals surface area contributed by atoms with E-state index >= 15 is 0 Å². The van der Waals surface area contributed by atoms with E-state index in [-0.39, 0.29) is 54.0 Å². The largest absolute Gasteiger partial charge is 0.326 e. The highest BCUT2D eigenvalue weighted by Gasteiger charge is 2.12. The maximum Gasteiger partial charge on any atom is 0.269 e. The summed E-state index contributed by atoms with van der Waals surface area (Å²) < 4.78 is 0. The molecule has 0 bridgehead atoms. The molecule has 0 atom stereocenters. The minimum absolute atomic E-state index is 0.0353. The van der Waals surface area contributed by atoms with Gasteiger partial charge >= 0.3 is 0 Å². The van der Waals surface area contributed by atoms with E-state index in [0.717, 1.165) is 0 Å². The lowest BCUT2D eigenvalue weighted by Gasteiger charge is -2.10. The van der Waals surface area contributed by atoms with Crippen molar-refractivity contribution in [1.82, 2.24) is 21.7 Å². The van der Waals surface area contributed by atoms with E-state index in [9.17, 15) is 28.8 Å². The summed E-state index contributed by atoms with van der Waals surface area (Å²) in [7, 11) is 0. The van der Waals surface area contributed by atoms with Gasteiger partial charge < -0.3 is 10.6 Å². The van der Waals surface area contributed by atoms with Crippen molar-refractivity contribution in [3.63, 3.8) is 0 Å². The molecule has 2 aromatic carbocycles. The van der Waals surface area contributed by atoms with Gasteiger partial charge in [-0.15, -0.1) is 0 Å². The van der Waals surface area contributed by atoms with E-state index in [4.69, 9.17) is 0 Å². The van der Waals surface area contributed by atoms with Crippen molar-refractivity contribution in [3.05, 3.63) is 59.7 Å². The third kappa shape index (κ3) is 12.8. The monoisotopic (exact) mass is 566 g/mol. The minimum Gasteiger partial charge on any atom is -0.326 e. The van der Waals surface area contributed by atoms with E-state index in [2.05, 4.69) is 32.3 Å². The van der Waals surface area contributed by atoms with Gasteiger partial charge in [0.15, 0.2) is 0 Å². The minimum atomic E-state index is -0.537. The lowest BCUT2D eigenvalue weighted by Crippen LogP contribution is -2.42. The average molecular weight is 567 g/mol. The molecule has 2 aromatic rings. The number of anilines is 2. The number of hydrogen-bond donors (Lipinski definition) is 6. The molecule has 0 heterocycles. The number of hydrazine groups is 2. The Hall–Kier alpha value is -4.74. The number of carbonyl (C=O) groups is 6. The Morgan fingerprint density at radius 3 is 1.17 bits per heavy atom. The normalized spacial score (nSPS) is 10.5. The van der Waals surface area contributed by atoms with Gasteiger partial charge in [0.1, 0.15) is 0 Å². The molecule has 6 amide bonds. The van der Waals surface area contributed by atoms with E-state index in [1.165, 1.54) is 24.3 Å². The number of carbonyl (C=O) groups excluding carboxylic acids is 6. The molecular formula is C29H38N6O6. The van der Waals surface area contributed by atoms with Crippen LogP contribution in [0.5, 0.6) is 0 Å². The van der Waals surface area contributed by atoms with Crippen LogP contribution in [0.15, 0.2) is 48.5 Å². The lowest BCUT2D eigenvalue weighted by molar-refractivity contribution is -0.123. The number of nitrogens with one attached hydrogen (secondary N) is 6. The molecule has 41 heavy (non-hydrogen) atoms. The molecule has 0 spiro atoms. The summed E-state index contributed by atoms with van der Waals surface area (Å²) in [4.78, 5) is 72.2. The molecule has 0 aliphatic rings. The zero-order chi connectivity index (χ0) is 30.4. The molecule has 0 fully saturated rings. The van der Waals surface area contributed by atoms with Gasteiger partial charge in [0.2, 0.25) is 23.6 Å². The van der Waals surface area contributed by atoms with Crippen molar-refractivity contribution < 1.29 is 28.8 Å². The van der Waals surface area contributed by atoms with Crippen LogP contribution in [0, 0.1) is 11.8 Å². The molecule has 0 aliphatic heterocycles. The van der Waals surface area contributed by atoms with Gasteiger partial charge in [-0.3, -0.25) is 50.5 Å². The van der Waals surface area contributed by atoms with Crippen LogP contribution in [-0.4, -0.2) is 35.4 Å². The number of hydrogen-bond acceptors (Lipinski definition) is 6. The standard InChI is InChI=1S/C29H38N6O6/c1-18(2)16-26(38)30-22-12-8-20(9-13-22)28(40)34-32-24(36)6-5-7-25(37)33-35-29(41)21-10-14-23(15-11-21)31-27(39)17-19(3)4/h8-15,18-19H,5-7,16-17H2,1-4H3,(H,30,38)(H,31,39)(H,32,36)(H,33,37)(H,34,40)(H,35,41). The second-order valence-electron chi connectivity index (χ2n) is 10.3. The summed E-state index contributed by atoms with van der Waals surface area (Å²) in [5.74, 6) is -1.84. The van der Waals surface area contributed by atoms with Crippen LogP contribution in [0.3, 0.4) is 0 Å². The van der Waals surface area contributed by atoms with Gasteiger partial charge in [0.25, 0.3) is 11.8 Å². The Morgan fingerprint density at radius 1 is 0.512 bits per heavy atom. The van der Waals surface area contributed by atoms with Crippen molar-refractivity contribution in [2.24, 2.45) is 11.8 Å². The molecule has 0 saturated heterocycles. The summed E-state index contributed by atoms with van der Waals surface area (Å²) >= 11 is 0. The Labute approximate surface area is 239 Å². The summed E-state index contributed by atoms with van der Waals surface area (Å²) in [5, 5.41) is 5.50. The molecular weight excluding hydrogens is 528 g/mol. The van der Waals surface area contributed by atoms with Crippen LogP contribution in [0.1, 0.15) is 80.5 Å². The Morgan fingerprint density at radius 2 is 0.854 bits per heavy atom. The van der Waals surface area contributed by atoms with Crippen molar-refractivity contribution in [2.75, 3.05) is 10.6 Å². The third-order valence-corrected chi connectivity index (χ3v) is 5.49. The zero-order valence-corrected chi connectivity index (χ0v) is 23.8. The fourth-order valence-corrected chi connectivity index (χ4v) is 3.51. The summed E-state index contributed by atoms with van der Waals surface area (Å²) in [6.07, 6.45) is 0.888. The Balaban J connectivity index is 1.64. The molecule has 12 heteroatoms. The topological polar surface area (TPSA) is 175 Å². The predicted octanol–water partition coefficient (Wildman–Crippen LogP) is 3.05. The van der Waals surface area contributed by atoms with Gasteiger partial charge in [-0.2, -0.15) is 0 Å². The molecule has 6 N–H and O–H groups in total. The zero-order valence-electron chi connectivity index (χ0n) is 23.8. The van der Waals surface area contributed by atoms with Gasteiger partial charge in [0.05, 0.1) is 0 Å². The van der Waals surface area contributed by atoms with E-state index in [0.29, 0.717) is 24.2 Å². The van der Waals surface area contributed by atoms with Crippen LogP contribution < -0.4 is 32.3 Å². The summed E-state index contributed by atoms with van der Waals surface area (Å²) in [6.45, 7) is 7.77. The summed E-state index contributed by atoms with van der Waals surface area (Å²) in [6, 6.07) is 12.4. The fraction of sp³-hybridized carbons (Fsp3) is 0.379. The molecule has 0 aliphatic carbocycles. The van der Waals surface area contributed by atoms with Crippen molar-refractivity contribution in [3.8, 4) is 0 Å². The molecule has 12 nitrogen and oxygen atoms in total. The van der Waals surface area contributed by atoms with Gasteiger partial charge in [-0.25, -0.2) is 0 Å². The van der Waals surface area contributed by atoms with Gasteiger partial charge in [0, 0.05) is 48.2 Å². The SMILES string of the molecule is CC(C)CC(=O)Nc1ccc(C(=O)NNC(=O)CCCC(=O)NNC(=O)c2ccc(NC(=O)CC(C)C)cc2)cc1. The maximum atomic E-state index is 12.2. The number of benzene rings is 2. The van der Waals surface area contributed by atoms with Crippen molar-refractivity contribution >= 4 is 46.8 Å². The molecule has 0 aromatic heterocycles. The second-order valence-corrected chi connectivity index (χ2v) is 10.3. The maximum absolute atomic E-state index is 12.2. The highest BCUT2D eigenvalue weighted by atomic mass is 16.2. The first kappa shape index (κ1) is 32.5. The fourth-order valence-electron chi connectivity index (χ4n) is 3.51. The Kier molecular flexibility index (Phi) is 13.0. The molecule has 0 radical (unpaired) electrons. The first-order valence-electron chi connectivity index (χ1n) is 13.4. The predicted molar refractivity (Wildman–Crippen MR) is 154 cm³/mol. The number of amides is 6. The lowest BCUT2D eigenvalue weighted by atomic mass is 10.1. The van der Waals surface area contributed by atoms with E-state index < -0.39 is 23.6 Å². The molecule has 220 valence electrons. The quantitative estimate of drug-likeness (QED) is 0.215. The van der Waals surface area contributed by atoms with Gasteiger partial charge in [-0.05, 0) is 66.8 Å². The molecule has 2 rings (SSSR count). The second kappa shape index (κ2) is 16.4. The van der Waals surface area contributed by atoms with Crippen LogP contribution in [0.4, 0.5) is 11.4 Å². The first-order valence-corrected chi connectivity index (χ1v) is 13.4. The molecule has 0 unspecified atom stereocenters. The average Bonchev–Trinajstić information content (AvgIpc) is 2.90. The Bertz CT molecular complexity index is 1130. The van der Waals surface area contributed by atoms with Crippen LogP contribution in [0.2, 0.25) is 0 Å². The van der Waals surface area contributed by atoms with Crippen LogP contribution in [-0.2, 0) is 19.2 Å². The summed E-state index contributed by atoms with van der Waals surface area (Å²) in [5.41, 5.74) is 10.9. The first-order chi connectivity index (χ1) is 19.4. The van der Waals surface area contributed by atoms with E-state index in [1.54, 1.807) is 24.3 Å². The third-order valence-electron chi connectivity index (χ3n) is 5.49. The van der Waals surface area contributed by atoms with Gasteiger partial charge in [-0.1, -0.05) is 27.7 Å². The van der Waals surface area contributed by atoms with Crippen LogP contribution >= 0.6 is 0 Å². The molecule has 0 saturated carbocycles. The van der Waals surface area contributed by atoms with Crippen LogP contribution in [0.25, 0.3) is 0 Å². The van der Waals surface area contributed by atoms with Crippen molar-refractivity contribution in [2.45, 2.75) is 59.8 Å².